The Kier molecular flexibility index (Phi) is 12.6. The van der Waals surface area contributed by atoms with Crippen LogP contribution in [0.15, 0.2) is 46.6 Å². The zero-order valence-corrected chi connectivity index (χ0v) is 30.5. The molecular weight excluding hydrogens is 630 g/mol. The highest BCUT2D eigenvalue weighted by atomic mass is 16.5. The average Bonchev–Trinajstić information content (AvgIpc) is 3.92. The van der Waals surface area contributed by atoms with Crippen molar-refractivity contribution in [3.8, 4) is 11.5 Å². The van der Waals surface area contributed by atoms with Gasteiger partial charge in [0, 0.05) is 38.6 Å². The normalized spacial score (nSPS) is 27.4. The van der Waals surface area contributed by atoms with E-state index in [1.165, 1.54) is 50.9 Å². The minimum absolute atomic E-state index is 0.0105. The number of unbranched alkanes of at least 4 members (excludes halogenated alkanes) is 1. The van der Waals surface area contributed by atoms with Crippen LogP contribution in [0, 0.1) is 35.2 Å². The van der Waals surface area contributed by atoms with Crippen molar-refractivity contribution in [2.75, 3.05) is 33.4 Å². The zero-order chi connectivity index (χ0) is 35.3. The Labute approximate surface area is 299 Å². The van der Waals surface area contributed by atoms with E-state index in [-0.39, 0.29) is 42.4 Å². The molecule has 7 atom stereocenters. The second-order valence-electron chi connectivity index (χ2n) is 15.8. The fourth-order valence-electron chi connectivity index (χ4n) is 9.90. The largest absolute Gasteiger partial charge is 0.504 e. The maximum absolute atomic E-state index is 11.5. The highest BCUT2D eigenvalue weighted by molar-refractivity contribution is 6.03. The number of aliphatic hydroxyl groups is 5. The molecule has 3 aliphatic carbocycles. The minimum Gasteiger partial charge on any atom is -0.504 e. The summed E-state index contributed by atoms with van der Waals surface area (Å²) >= 11 is 0. The van der Waals surface area contributed by atoms with E-state index in [1.54, 1.807) is 6.07 Å². The van der Waals surface area contributed by atoms with Gasteiger partial charge in [-0.3, -0.25) is 0 Å². The smallest absolute Gasteiger partial charge is 0.208 e. The number of benzene rings is 1. The van der Waals surface area contributed by atoms with Crippen LogP contribution < -0.4 is 15.4 Å². The van der Waals surface area contributed by atoms with Crippen LogP contribution in [0.25, 0.3) is 0 Å². The van der Waals surface area contributed by atoms with Gasteiger partial charge in [-0.15, -0.1) is 16.6 Å². The molecule has 3 fully saturated rings. The third-order valence-corrected chi connectivity index (χ3v) is 12.3. The second kappa shape index (κ2) is 16.9. The van der Waals surface area contributed by atoms with E-state index in [0.717, 1.165) is 68.0 Å². The standard InChI is InChI=1S/C41H61N3O6/c1-4-5-11-38-28(24-45)19-29(50-38)14-12-27-13-15-36(47)39(18-27)49-25-37(48)33-20-31-34(44-33)21-41(16-6-7-17-41)32-10-8-9-30(32)40(31)35(23-42-3)43-22-26(2)46/h13,15,18-20,26,30,32,35,37-38,40,42-43,45-46,48,50H,4-12,14,16-17,21-25H2,1-3H3/p+1. The Morgan fingerprint density at radius 1 is 1.16 bits per heavy atom. The maximum atomic E-state index is 11.5. The van der Waals surface area contributed by atoms with Gasteiger partial charge in [0.15, 0.2) is 17.6 Å². The predicted octanol–water partition coefficient (Wildman–Crippen LogP) is 5.08. The maximum Gasteiger partial charge on any atom is 0.208 e. The van der Waals surface area contributed by atoms with Gasteiger partial charge in [-0.25, -0.2) is 0 Å². The SMILES string of the molecule is CCCCC1[OH+][C-](CCc2ccc(O)c(OCC(O)C3=C[C+]4C(=N3)CC3(CCCC3)C3CCCC3C4C(CNC)NCC(C)O)c2)C=C1CO. The molecule has 1 aromatic rings. The molecular formula is C41H62N3O6+. The van der Waals surface area contributed by atoms with Gasteiger partial charge in [0.2, 0.25) is 5.70 Å². The van der Waals surface area contributed by atoms with Crippen LogP contribution in [0.3, 0.4) is 0 Å². The predicted molar refractivity (Wildman–Crippen MR) is 198 cm³/mol. The molecule has 50 heavy (non-hydrogen) atoms. The number of rotatable bonds is 17. The molecule has 0 bridgehead atoms. The lowest BCUT2D eigenvalue weighted by Crippen LogP contribution is -2.50. The summed E-state index contributed by atoms with van der Waals surface area (Å²) in [6, 6.07) is 5.55. The highest BCUT2D eigenvalue weighted by Crippen LogP contribution is 2.61. The molecule has 6 rings (SSSR count). The summed E-state index contributed by atoms with van der Waals surface area (Å²) < 4.78 is 11.0. The van der Waals surface area contributed by atoms with Crippen molar-refractivity contribution in [3.05, 3.63) is 59.2 Å². The van der Waals surface area contributed by atoms with Gasteiger partial charge in [0.25, 0.3) is 0 Å². The number of phenols is 1. The summed E-state index contributed by atoms with van der Waals surface area (Å²) in [5.41, 5.74) is 4.07. The minimum atomic E-state index is -0.937. The van der Waals surface area contributed by atoms with Crippen LogP contribution in [0.4, 0.5) is 0 Å². The van der Waals surface area contributed by atoms with Gasteiger partial charge in [-0.2, -0.15) is 0 Å². The van der Waals surface area contributed by atoms with Crippen molar-refractivity contribution in [2.24, 2.45) is 28.2 Å². The number of hydrogen-bond acceptors (Lipinski definition) is 8. The Morgan fingerprint density at radius 3 is 2.72 bits per heavy atom. The molecule has 7 unspecified atom stereocenters. The summed E-state index contributed by atoms with van der Waals surface area (Å²) in [4.78, 5) is 5.18. The molecule has 7 N–H and O–H groups in total. The summed E-state index contributed by atoms with van der Waals surface area (Å²) in [7, 11) is 2.00. The molecule has 2 aliphatic heterocycles. The first-order valence-corrected chi connectivity index (χ1v) is 19.5. The fraction of sp³-hybridized carbons (Fsp3) is 0.683. The molecule has 9 nitrogen and oxygen atoms in total. The van der Waals surface area contributed by atoms with Crippen LogP contribution in [0.2, 0.25) is 0 Å². The number of allylic oxidation sites excluding steroid dienone is 1. The van der Waals surface area contributed by atoms with E-state index < -0.39 is 12.2 Å². The van der Waals surface area contributed by atoms with Gasteiger partial charge in [0.1, 0.15) is 30.4 Å². The van der Waals surface area contributed by atoms with Crippen LogP contribution in [-0.4, -0.2) is 88.6 Å². The van der Waals surface area contributed by atoms with Gasteiger partial charge < -0.3 is 40.5 Å². The third kappa shape index (κ3) is 8.24. The lowest BCUT2D eigenvalue weighted by Gasteiger charge is -2.39. The lowest BCUT2D eigenvalue weighted by atomic mass is 9.65. The summed E-state index contributed by atoms with van der Waals surface area (Å²) in [6.07, 6.45) is 18.3. The molecule has 1 spiro atoms. The number of nitrogens with zero attached hydrogens (tertiary/aromatic N) is 1. The van der Waals surface area contributed by atoms with Crippen LogP contribution in [0.5, 0.6) is 11.5 Å². The molecule has 5 aliphatic rings. The Bertz CT molecular complexity index is 1370. The topological polar surface area (TPSA) is 139 Å². The molecule has 3 saturated carbocycles. The van der Waals surface area contributed by atoms with Crippen molar-refractivity contribution >= 4 is 5.71 Å². The van der Waals surface area contributed by atoms with E-state index in [4.69, 9.17) is 14.5 Å². The molecule has 0 saturated heterocycles. The van der Waals surface area contributed by atoms with Gasteiger partial charge in [0.05, 0.1) is 18.1 Å². The van der Waals surface area contributed by atoms with Crippen molar-refractivity contribution < 1.29 is 29.9 Å². The van der Waals surface area contributed by atoms with E-state index in [9.17, 15) is 20.4 Å². The average molecular weight is 693 g/mol. The Morgan fingerprint density at radius 2 is 1.98 bits per heavy atom. The number of aliphatic imine (C=N–C) groups is 1. The monoisotopic (exact) mass is 692 g/mol. The van der Waals surface area contributed by atoms with Gasteiger partial charge >= 0.3 is 0 Å². The van der Waals surface area contributed by atoms with E-state index >= 15 is 0 Å². The van der Waals surface area contributed by atoms with E-state index in [2.05, 4.69) is 23.6 Å². The number of aryl methyl sites for hydroxylation is 1. The molecule has 0 aromatic heterocycles. The first-order valence-electron chi connectivity index (χ1n) is 19.5. The van der Waals surface area contributed by atoms with Crippen LogP contribution in [0.1, 0.15) is 96.5 Å². The third-order valence-electron chi connectivity index (χ3n) is 12.3. The first kappa shape index (κ1) is 37.2. The van der Waals surface area contributed by atoms with Gasteiger partial charge in [-0.05, 0) is 93.9 Å². The Hall–Kier alpha value is -2.53. The highest BCUT2D eigenvalue weighted by Gasteiger charge is 2.59. The van der Waals surface area contributed by atoms with Crippen molar-refractivity contribution in [2.45, 2.75) is 122 Å². The number of aromatic hydroxyl groups is 1. The molecule has 1 aromatic carbocycles. The number of hydrogen-bond donors (Lipinski definition) is 6. The first-order chi connectivity index (χ1) is 24.2. The molecule has 0 radical (unpaired) electrons. The molecule has 9 heteroatoms. The van der Waals surface area contributed by atoms with Crippen LogP contribution in [-0.2, 0) is 6.42 Å². The van der Waals surface area contributed by atoms with Crippen molar-refractivity contribution in [3.63, 3.8) is 0 Å². The van der Waals surface area contributed by atoms with E-state index in [1.807, 2.05) is 32.2 Å². The molecule has 0 amide bonds. The number of likely N-dealkylation sites (N-methyl/N-ethyl adjacent to an activating group) is 1. The summed E-state index contributed by atoms with van der Waals surface area (Å²) in [5.74, 6) is 3.12. The summed E-state index contributed by atoms with van der Waals surface area (Å²) in [6.45, 7) is 5.36. The number of aliphatic hydroxyl groups excluding tert-OH is 3. The lowest BCUT2D eigenvalue weighted by molar-refractivity contribution is -0.0550. The van der Waals surface area contributed by atoms with Crippen LogP contribution >= 0.6 is 0 Å². The summed E-state index contributed by atoms with van der Waals surface area (Å²) in [5, 5.41) is 49.3. The Balaban J connectivity index is 1.15. The van der Waals surface area contributed by atoms with Crippen molar-refractivity contribution in [1.82, 2.24) is 10.6 Å². The zero-order valence-electron chi connectivity index (χ0n) is 30.5. The van der Waals surface area contributed by atoms with Gasteiger partial charge in [-0.1, -0.05) is 38.7 Å². The number of nitrogens with one attached hydrogen (secondary N) is 2. The number of phenolic OH excluding ortho intramolecular Hbond substituents is 1. The fourth-order valence-corrected chi connectivity index (χ4v) is 9.90. The quantitative estimate of drug-likeness (QED) is 0.0989. The van der Waals surface area contributed by atoms with Crippen molar-refractivity contribution in [1.29, 1.82) is 0 Å². The molecule has 2 heterocycles. The second-order valence-corrected chi connectivity index (χ2v) is 15.8. The van der Waals surface area contributed by atoms with E-state index in [0.29, 0.717) is 29.8 Å². The number of fused-ring (bicyclic) bond motifs is 3. The molecule has 276 valence electrons. The number of ether oxygens (including phenoxy) is 2.